The molecule has 1 aliphatic heterocycles. The van der Waals surface area contributed by atoms with Crippen molar-refractivity contribution in [3.05, 3.63) is 42.2 Å². The predicted octanol–water partition coefficient (Wildman–Crippen LogP) is 3.86. The maximum atomic E-state index is 13.2. The lowest BCUT2D eigenvalue weighted by Crippen LogP contribution is -2.35. The molecule has 0 atom stereocenters. The zero-order valence-corrected chi connectivity index (χ0v) is 14.6. The van der Waals surface area contributed by atoms with Crippen LogP contribution in [0.2, 0.25) is 0 Å². The number of nitrogens with zero attached hydrogens (tertiary/aromatic N) is 4. The molecule has 0 saturated carbocycles. The summed E-state index contributed by atoms with van der Waals surface area (Å²) in [5.41, 5.74) is 1.86. The molecule has 0 spiro atoms. The molecule has 1 aliphatic rings. The van der Waals surface area contributed by atoms with Crippen molar-refractivity contribution >= 4 is 21.8 Å². The molecule has 0 radical (unpaired) electrons. The molecule has 0 bridgehead atoms. The summed E-state index contributed by atoms with van der Waals surface area (Å²) < 4.78 is 19.0. The number of piperidine rings is 1. The summed E-state index contributed by atoms with van der Waals surface area (Å²) in [5.74, 6) is 0.751. The average Bonchev–Trinajstić information content (AvgIpc) is 3.05. The molecule has 3 heterocycles. The predicted molar refractivity (Wildman–Crippen MR) is 96.0 cm³/mol. The molecule has 3 aromatic rings. The first-order valence-electron chi connectivity index (χ1n) is 8.47. The second-order valence-electron chi connectivity index (χ2n) is 6.18. The number of likely N-dealkylation sites (tertiary alicyclic amines) is 1. The van der Waals surface area contributed by atoms with Crippen molar-refractivity contribution in [3.63, 3.8) is 0 Å². The highest BCUT2D eigenvalue weighted by molar-refractivity contribution is 7.19. The van der Waals surface area contributed by atoms with Gasteiger partial charge in [-0.3, -0.25) is 0 Å². The van der Waals surface area contributed by atoms with Gasteiger partial charge in [0, 0.05) is 32.0 Å². The molecule has 0 aliphatic carbocycles. The molecule has 4 rings (SSSR count). The summed E-state index contributed by atoms with van der Waals surface area (Å²) in [6.07, 6.45) is 4.95. The first kappa shape index (κ1) is 16.4. The van der Waals surface area contributed by atoms with Crippen molar-refractivity contribution in [3.8, 4) is 10.9 Å². The molecule has 7 heteroatoms. The number of benzene rings is 1. The van der Waals surface area contributed by atoms with E-state index >= 15 is 0 Å². The van der Waals surface area contributed by atoms with Crippen LogP contribution < -0.4 is 4.74 Å². The van der Waals surface area contributed by atoms with Crippen LogP contribution in [-0.2, 0) is 6.42 Å². The minimum atomic E-state index is -0.611. The number of hydrogen-bond acceptors (Lipinski definition) is 6. The fraction of sp³-hybridized carbons (Fsp3) is 0.389. The van der Waals surface area contributed by atoms with Crippen LogP contribution in [0.4, 0.5) is 4.39 Å². The smallest absolute Gasteiger partial charge is 0.282 e. The average molecular weight is 358 g/mol. The largest absolute Gasteiger partial charge is 0.431 e. The van der Waals surface area contributed by atoms with E-state index in [0.29, 0.717) is 23.7 Å². The van der Waals surface area contributed by atoms with Crippen LogP contribution >= 0.6 is 11.3 Å². The Morgan fingerprint density at radius 1 is 1.12 bits per heavy atom. The molecule has 0 unspecified atom stereocenters. The number of ether oxygens (including phenoxy) is 1. The molecule has 0 N–H and O–H groups in total. The standard InChI is InChI=1S/C18H19FN4OS/c19-14-6-11-23(12-7-14)10-5-13-1-3-15(4-2-13)24-18-22-16-17(25-18)21-9-8-20-16/h1-4,8-9,14H,5-7,10-12H2. The molecule has 2 aromatic heterocycles. The lowest BCUT2D eigenvalue weighted by atomic mass is 10.1. The highest BCUT2D eigenvalue weighted by Crippen LogP contribution is 2.29. The maximum Gasteiger partial charge on any atom is 0.282 e. The van der Waals surface area contributed by atoms with E-state index < -0.39 is 6.17 Å². The quantitative estimate of drug-likeness (QED) is 0.693. The molecule has 1 saturated heterocycles. The van der Waals surface area contributed by atoms with E-state index in [4.69, 9.17) is 4.74 Å². The number of alkyl halides is 1. The van der Waals surface area contributed by atoms with Crippen molar-refractivity contribution in [1.29, 1.82) is 0 Å². The molecule has 5 nitrogen and oxygen atoms in total. The minimum Gasteiger partial charge on any atom is -0.431 e. The molecular weight excluding hydrogens is 339 g/mol. The van der Waals surface area contributed by atoms with Gasteiger partial charge in [0.25, 0.3) is 5.19 Å². The van der Waals surface area contributed by atoms with Crippen molar-refractivity contribution < 1.29 is 9.13 Å². The third-order valence-electron chi connectivity index (χ3n) is 4.39. The normalized spacial score (nSPS) is 16.4. The molecule has 130 valence electrons. The van der Waals surface area contributed by atoms with E-state index in [1.165, 1.54) is 16.9 Å². The summed E-state index contributed by atoms with van der Waals surface area (Å²) in [6.45, 7) is 2.70. The Hall–Kier alpha value is -2.12. The fourth-order valence-corrected chi connectivity index (χ4v) is 3.68. The van der Waals surface area contributed by atoms with Crippen LogP contribution in [0.5, 0.6) is 10.9 Å². The van der Waals surface area contributed by atoms with Crippen LogP contribution in [0.1, 0.15) is 18.4 Å². The van der Waals surface area contributed by atoms with Crippen LogP contribution in [0.25, 0.3) is 10.5 Å². The fourth-order valence-electron chi connectivity index (χ4n) is 2.94. The Bertz CT molecular complexity index is 797. The number of fused-ring (bicyclic) bond motifs is 1. The van der Waals surface area contributed by atoms with Gasteiger partial charge in [0.05, 0.1) is 0 Å². The van der Waals surface area contributed by atoms with E-state index in [1.807, 2.05) is 12.1 Å². The summed E-state index contributed by atoms with van der Waals surface area (Å²) >= 11 is 1.38. The SMILES string of the molecule is FC1CCN(CCc2ccc(Oc3nc4nccnc4s3)cc2)CC1. The van der Waals surface area contributed by atoms with Crippen molar-refractivity contribution in [2.24, 2.45) is 0 Å². The van der Waals surface area contributed by atoms with Crippen molar-refractivity contribution in [2.75, 3.05) is 19.6 Å². The van der Waals surface area contributed by atoms with Gasteiger partial charge >= 0.3 is 0 Å². The third-order valence-corrected chi connectivity index (χ3v) is 5.22. The lowest BCUT2D eigenvalue weighted by molar-refractivity contribution is 0.152. The summed E-state index contributed by atoms with van der Waals surface area (Å²) in [7, 11) is 0. The number of thiazole rings is 1. The van der Waals surface area contributed by atoms with Gasteiger partial charge in [-0.05, 0) is 37.0 Å². The molecule has 25 heavy (non-hydrogen) atoms. The van der Waals surface area contributed by atoms with E-state index in [0.717, 1.165) is 36.6 Å². The second kappa shape index (κ2) is 7.41. The highest BCUT2D eigenvalue weighted by Gasteiger charge is 2.17. The van der Waals surface area contributed by atoms with Crippen LogP contribution in [-0.4, -0.2) is 45.7 Å². The Labute approximate surface area is 149 Å². The topological polar surface area (TPSA) is 51.1 Å². The number of rotatable bonds is 5. The molecule has 1 fully saturated rings. The number of aromatic nitrogens is 3. The first-order valence-corrected chi connectivity index (χ1v) is 9.29. The van der Waals surface area contributed by atoms with E-state index in [2.05, 4.69) is 32.0 Å². The summed E-state index contributed by atoms with van der Waals surface area (Å²) in [6, 6.07) is 8.05. The van der Waals surface area contributed by atoms with Crippen LogP contribution in [0.3, 0.4) is 0 Å². The van der Waals surface area contributed by atoms with Gasteiger partial charge in [-0.25, -0.2) is 14.4 Å². The van der Waals surface area contributed by atoms with Crippen molar-refractivity contribution in [1.82, 2.24) is 19.9 Å². The first-order chi connectivity index (χ1) is 12.3. The van der Waals surface area contributed by atoms with Crippen LogP contribution in [0.15, 0.2) is 36.7 Å². The third kappa shape index (κ3) is 4.11. The summed E-state index contributed by atoms with van der Waals surface area (Å²) in [4.78, 5) is 15.8. The zero-order valence-electron chi connectivity index (χ0n) is 13.8. The highest BCUT2D eigenvalue weighted by atomic mass is 32.1. The number of hydrogen-bond donors (Lipinski definition) is 0. The minimum absolute atomic E-state index is 0.544. The van der Waals surface area contributed by atoms with Gasteiger partial charge < -0.3 is 9.64 Å². The van der Waals surface area contributed by atoms with Crippen LogP contribution in [0, 0.1) is 0 Å². The van der Waals surface area contributed by atoms with E-state index in [-0.39, 0.29) is 0 Å². The molecule has 0 amide bonds. The number of halogens is 1. The monoisotopic (exact) mass is 358 g/mol. The lowest BCUT2D eigenvalue weighted by Gasteiger charge is -2.28. The molecular formula is C18H19FN4OS. The van der Waals surface area contributed by atoms with Gasteiger partial charge in [-0.15, -0.1) is 0 Å². The Balaban J connectivity index is 1.33. The van der Waals surface area contributed by atoms with E-state index in [9.17, 15) is 4.39 Å². The van der Waals surface area contributed by atoms with Gasteiger partial charge in [0.15, 0.2) is 10.5 Å². The van der Waals surface area contributed by atoms with Gasteiger partial charge in [-0.2, -0.15) is 4.98 Å². The van der Waals surface area contributed by atoms with Gasteiger partial charge in [0.2, 0.25) is 0 Å². The second-order valence-corrected chi connectivity index (χ2v) is 7.12. The Morgan fingerprint density at radius 3 is 2.64 bits per heavy atom. The maximum absolute atomic E-state index is 13.2. The van der Waals surface area contributed by atoms with Crippen molar-refractivity contribution in [2.45, 2.75) is 25.4 Å². The van der Waals surface area contributed by atoms with Gasteiger partial charge in [-0.1, -0.05) is 23.5 Å². The van der Waals surface area contributed by atoms with E-state index in [1.54, 1.807) is 12.4 Å². The summed E-state index contributed by atoms with van der Waals surface area (Å²) in [5, 5.41) is 0.544. The Kier molecular flexibility index (Phi) is 4.85. The zero-order chi connectivity index (χ0) is 17.1. The molecule has 1 aromatic carbocycles. The Morgan fingerprint density at radius 2 is 1.88 bits per heavy atom. The van der Waals surface area contributed by atoms with Gasteiger partial charge in [0.1, 0.15) is 11.9 Å².